The molecule has 0 fully saturated rings. The Morgan fingerprint density at radius 2 is 1.81 bits per heavy atom. The average molecular weight is 375 g/mol. The van der Waals surface area contributed by atoms with Gasteiger partial charge >= 0.3 is 0 Å². The Labute approximate surface area is 155 Å². The van der Waals surface area contributed by atoms with Crippen LogP contribution in [0.5, 0.6) is 0 Å². The van der Waals surface area contributed by atoms with Crippen molar-refractivity contribution in [3.63, 3.8) is 0 Å². The molecule has 26 heavy (non-hydrogen) atoms. The van der Waals surface area contributed by atoms with Crippen molar-refractivity contribution in [1.29, 1.82) is 0 Å². The molecule has 2 aromatic carbocycles. The van der Waals surface area contributed by atoms with Crippen LogP contribution in [0, 0.1) is 19.8 Å². The summed E-state index contributed by atoms with van der Waals surface area (Å²) in [6, 6.07) is 11.9. The molecule has 1 amide bonds. The van der Waals surface area contributed by atoms with Gasteiger partial charge < -0.3 is 5.32 Å². The molecule has 0 saturated heterocycles. The molecule has 0 aliphatic heterocycles. The second-order valence-corrected chi connectivity index (χ2v) is 8.65. The lowest BCUT2D eigenvalue weighted by Gasteiger charge is -2.11. The number of aryl methyl sites for hydroxylation is 2. The van der Waals surface area contributed by atoms with Gasteiger partial charge in [0.15, 0.2) is 0 Å². The maximum absolute atomic E-state index is 12.5. The molecule has 0 aliphatic rings. The van der Waals surface area contributed by atoms with Crippen molar-refractivity contribution in [2.45, 2.75) is 39.0 Å². The van der Waals surface area contributed by atoms with Gasteiger partial charge in [0.05, 0.1) is 4.90 Å². The smallest absolute Gasteiger partial charge is 0.255 e. The molecule has 2 rings (SSSR count). The zero-order valence-corrected chi connectivity index (χ0v) is 16.5. The van der Waals surface area contributed by atoms with Crippen LogP contribution in [-0.4, -0.2) is 20.9 Å². The lowest BCUT2D eigenvalue weighted by atomic mass is 10.1. The summed E-state index contributed by atoms with van der Waals surface area (Å²) in [7, 11) is -3.63. The van der Waals surface area contributed by atoms with Gasteiger partial charge in [-0.15, -0.1) is 0 Å². The minimum Gasteiger partial charge on any atom is -0.322 e. The normalized spacial score (nSPS) is 11.6. The molecule has 2 aromatic rings. The zero-order chi connectivity index (χ0) is 19.3. The van der Waals surface area contributed by atoms with Crippen molar-refractivity contribution >= 4 is 21.6 Å². The number of amides is 1. The number of carbonyl (C=O) groups excluding carboxylic acids is 1. The molecule has 0 radical (unpaired) electrons. The van der Waals surface area contributed by atoms with Gasteiger partial charge in [0.25, 0.3) is 5.91 Å². The standard InChI is InChI=1S/C20H26N2O3S/c1-14(2)10-11-21-26(24,25)18-7-5-6-17(13-18)20(23)22-19-12-15(3)8-9-16(19)4/h5-9,12-14,21H,10-11H2,1-4H3,(H,22,23). The number of carbonyl (C=O) groups is 1. The van der Waals surface area contributed by atoms with Gasteiger partial charge in [-0.3, -0.25) is 4.79 Å². The van der Waals surface area contributed by atoms with Crippen LogP contribution in [0.2, 0.25) is 0 Å². The third-order valence-electron chi connectivity index (χ3n) is 4.06. The van der Waals surface area contributed by atoms with Crippen molar-refractivity contribution < 1.29 is 13.2 Å². The van der Waals surface area contributed by atoms with E-state index in [1.807, 2.05) is 45.9 Å². The molecular weight excluding hydrogens is 348 g/mol. The molecule has 0 heterocycles. The van der Waals surface area contributed by atoms with Crippen molar-refractivity contribution in [3.8, 4) is 0 Å². The van der Waals surface area contributed by atoms with Crippen LogP contribution in [0.15, 0.2) is 47.4 Å². The van der Waals surface area contributed by atoms with E-state index >= 15 is 0 Å². The van der Waals surface area contributed by atoms with Crippen LogP contribution in [-0.2, 0) is 10.0 Å². The number of sulfonamides is 1. The average Bonchev–Trinajstić information content (AvgIpc) is 2.57. The van der Waals surface area contributed by atoms with Gasteiger partial charge in [0.1, 0.15) is 0 Å². The van der Waals surface area contributed by atoms with Gasteiger partial charge in [0.2, 0.25) is 10.0 Å². The van der Waals surface area contributed by atoms with Crippen LogP contribution < -0.4 is 10.0 Å². The molecular formula is C20H26N2O3S. The minimum atomic E-state index is -3.63. The zero-order valence-electron chi connectivity index (χ0n) is 15.7. The summed E-state index contributed by atoms with van der Waals surface area (Å²) in [5.41, 5.74) is 3.01. The van der Waals surface area contributed by atoms with E-state index < -0.39 is 10.0 Å². The summed E-state index contributed by atoms with van der Waals surface area (Å²) < 4.78 is 27.4. The quantitative estimate of drug-likeness (QED) is 0.772. The van der Waals surface area contributed by atoms with Crippen LogP contribution in [0.4, 0.5) is 5.69 Å². The lowest BCUT2D eigenvalue weighted by molar-refractivity contribution is 0.102. The third-order valence-corrected chi connectivity index (χ3v) is 5.52. The molecule has 0 bridgehead atoms. The number of hydrogen-bond donors (Lipinski definition) is 2. The first-order valence-electron chi connectivity index (χ1n) is 8.67. The Morgan fingerprint density at radius 1 is 1.08 bits per heavy atom. The Kier molecular flexibility index (Phi) is 6.56. The molecule has 0 saturated carbocycles. The first kappa shape index (κ1) is 20.1. The molecule has 5 nitrogen and oxygen atoms in total. The highest BCUT2D eigenvalue weighted by Gasteiger charge is 2.16. The van der Waals surface area contributed by atoms with Crippen LogP contribution in [0.25, 0.3) is 0 Å². The maximum atomic E-state index is 12.5. The summed E-state index contributed by atoms with van der Waals surface area (Å²) in [4.78, 5) is 12.6. The Morgan fingerprint density at radius 3 is 2.50 bits per heavy atom. The van der Waals surface area contributed by atoms with E-state index in [0.29, 0.717) is 18.0 Å². The Bertz CT molecular complexity index is 890. The second-order valence-electron chi connectivity index (χ2n) is 6.88. The fourth-order valence-electron chi connectivity index (χ4n) is 2.43. The SMILES string of the molecule is Cc1ccc(C)c(NC(=O)c2cccc(S(=O)(=O)NCCC(C)C)c2)c1. The van der Waals surface area contributed by atoms with Crippen molar-refractivity contribution in [2.24, 2.45) is 5.92 Å². The largest absolute Gasteiger partial charge is 0.322 e. The Balaban J connectivity index is 2.17. The molecule has 0 aliphatic carbocycles. The van der Waals surface area contributed by atoms with Crippen LogP contribution in [0.3, 0.4) is 0 Å². The maximum Gasteiger partial charge on any atom is 0.255 e. The fourth-order valence-corrected chi connectivity index (χ4v) is 3.53. The molecule has 0 aromatic heterocycles. The third kappa shape index (κ3) is 5.41. The molecule has 140 valence electrons. The van der Waals surface area contributed by atoms with E-state index in [1.165, 1.54) is 12.1 Å². The first-order chi connectivity index (χ1) is 12.2. The summed E-state index contributed by atoms with van der Waals surface area (Å²) in [5.74, 6) is 0.0744. The highest BCUT2D eigenvalue weighted by atomic mass is 32.2. The molecule has 2 N–H and O–H groups in total. The molecule has 0 atom stereocenters. The predicted molar refractivity (Wildman–Crippen MR) is 105 cm³/mol. The topological polar surface area (TPSA) is 75.3 Å². The van der Waals surface area contributed by atoms with E-state index in [0.717, 1.165) is 23.2 Å². The van der Waals surface area contributed by atoms with Gasteiger partial charge in [0, 0.05) is 17.8 Å². The summed E-state index contributed by atoms with van der Waals surface area (Å²) in [5, 5.41) is 2.85. The Hall–Kier alpha value is -2.18. The highest BCUT2D eigenvalue weighted by molar-refractivity contribution is 7.89. The van der Waals surface area contributed by atoms with Gasteiger partial charge in [-0.05, 0) is 61.6 Å². The van der Waals surface area contributed by atoms with Gasteiger partial charge in [-0.25, -0.2) is 13.1 Å². The van der Waals surface area contributed by atoms with E-state index in [4.69, 9.17) is 0 Å². The summed E-state index contributed by atoms with van der Waals surface area (Å²) in [6.45, 7) is 8.30. The van der Waals surface area contributed by atoms with Crippen molar-refractivity contribution in [3.05, 3.63) is 59.2 Å². The number of rotatable bonds is 7. The number of hydrogen-bond acceptors (Lipinski definition) is 3. The minimum absolute atomic E-state index is 0.0925. The number of anilines is 1. The van der Waals surface area contributed by atoms with E-state index in [1.54, 1.807) is 12.1 Å². The van der Waals surface area contributed by atoms with Gasteiger partial charge in [-0.2, -0.15) is 0 Å². The van der Waals surface area contributed by atoms with E-state index in [9.17, 15) is 13.2 Å². The van der Waals surface area contributed by atoms with Gasteiger partial charge in [-0.1, -0.05) is 32.0 Å². The van der Waals surface area contributed by atoms with Crippen molar-refractivity contribution in [2.75, 3.05) is 11.9 Å². The fraction of sp³-hybridized carbons (Fsp3) is 0.350. The number of benzene rings is 2. The lowest BCUT2D eigenvalue weighted by Crippen LogP contribution is -2.26. The van der Waals surface area contributed by atoms with Crippen molar-refractivity contribution in [1.82, 2.24) is 4.72 Å². The summed E-state index contributed by atoms with van der Waals surface area (Å²) >= 11 is 0. The summed E-state index contributed by atoms with van der Waals surface area (Å²) in [6.07, 6.45) is 0.756. The van der Waals surface area contributed by atoms with Crippen LogP contribution >= 0.6 is 0 Å². The first-order valence-corrected chi connectivity index (χ1v) is 10.2. The van der Waals surface area contributed by atoms with E-state index in [2.05, 4.69) is 10.0 Å². The van der Waals surface area contributed by atoms with E-state index in [-0.39, 0.29) is 10.8 Å². The monoisotopic (exact) mass is 374 g/mol. The predicted octanol–water partition coefficient (Wildman–Crippen LogP) is 3.88. The second kappa shape index (κ2) is 8.47. The molecule has 0 unspecified atom stereocenters. The number of nitrogens with one attached hydrogen (secondary N) is 2. The highest BCUT2D eigenvalue weighted by Crippen LogP contribution is 2.18. The molecule has 0 spiro atoms. The molecule has 6 heteroatoms. The van der Waals surface area contributed by atoms with Crippen LogP contribution in [0.1, 0.15) is 41.8 Å².